The van der Waals surface area contributed by atoms with Crippen molar-refractivity contribution in [3.63, 3.8) is 0 Å². The van der Waals surface area contributed by atoms with Crippen molar-refractivity contribution in [2.75, 3.05) is 14.2 Å². The molecule has 0 heterocycles. The molecule has 0 aliphatic rings. The van der Waals surface area contributed by atoms with E-state index in [1.54, 1.807) is 30.3 Å². The Morgan fingerprint density at radius 3 is 2.27 bits per heavy atom. The Labute approximate surface area is 140 Å². The number of halogens is 2. The van der Waals surface area contributed by atoms with Crippen molar-refractivity contribution >= 4 is 33.2 Å². The average Bonchev–Trinajstić information content (AvgIpc) is 2.50. The lowest BCUT2D eigenvalue weighted by atomic mass is 10.2. The largest absolute Gasteiger partial charge is 0.497 e. The standard InChI is InChI=1S/C15H15Cl2NO3S/c1-18(10-11-3-4-12(16)9-15(11)17)22(19,20)14-7-5-13(21-2)6-8-14/h3-9H,10H2,1-2H3. The number of sulfonamides is 1. The van der Waals surface area contributed by atoms with Crippen LogP contribution < -0.4 is 4.74 Å². The summed E-state index contributed by atoms with van der Waals surface area (Å²) >= 11 is 11.9. The van der Waals surface area contributed by atoms with Gasteiger partial charge in [0.15, 0.2) is 0 Å². The molecular weight excluding hydrogens is 345 g/mol. The first-order valence-electron chi connectivity index (χ1n) is 6.39. The summed E-state index contributed by atoms with van der Waals surface area (Å²) in [5, 5.41) is 0.943. The summed E-state index contributed by atoms with van der Waals surface area (Å²) in [7, 11) is -0.572. The first-order chi connectivity index (χ1) is 10.3. The highest BCUT2D eigenvalue weighted by atomic mass is 35.5. The predicted octanol–water partition coefficient (Wildman–Crippen LogP) is 3.82. The summed E-state index contributed by atoms with van der Waals surface area (Å²) in [6, 6.07) is 11.2. The molecule has 0 aliphatic carbocycles. The second-order valence-electron chi connectivity index (χ2n) is 4.67. The zero-order chi connectivity index (χ0) is 16.3. The maximum absolute atomic E-state index is 12.5. The average molecular weight is 360 g/mol. The fourth-order valence-corrected chi connectivity index (χ4v) is 3.52. The lowest BCUT2D eigenvalue weighted by Crippen LogP contribution is -2.26. The number of hydrogen-bond donors (Lipinski definition) is 0. The van der Waals surface area contributed by atoms with E-state index >= 15 is 0 Å². The fourth-order valence-electron chi connectivity index (χ4n) is 1.90. The molecule has 22 heavy (non-hydrogen) atoms. The van der Waals surface area contributed by atoms with Gasteiger partial charge in [0.1, 0.15) is 5.75 Å². The van der Waals surface area contributed by atoms with Gasteiger partial charge in [0.05, 0.1) is 12.0 Å². The summed E-state index contributed by atoms with van der Waals surface area (Å²) in [5.74, 6) is 0.599. The Hall–Kier alpha value is -1.27. The maximum atomic E-state index is 12.5. The highest BCUT2D eigenvalue weighted by molar-refractivity contribution is 7.89. The van der Waals surface area contributed by atoms with Gasteiger partial charge in [-0.05, 0) is 42.0 Å². The van der Waals surface area contributed by atoms with Crippen molar-refractivity contribution in [2.45, 2.75) is 11.4 Å². The van der Waals surface area contributed by atoms with Crippen molar-refractivity contribution < 1.29 is 13.2 Å². The van der Waals surface area contributed by atoms with E-state index in [-0.39, 0.29) is 11.4 Å². The van der Waals surface area contributed by atoms with Gasteiger partial charge in [-0.3, -0.25) is 0 Å². The van der Waals surface area contributed by atoms with Crippen LogP contribution in [-0.2, 0) is 16.6 Å². The maximum Gasteiger partial charge on any atom is 0.243 e. The van der Waals surface area contributed by atoms with E-state index in [1.807, 2.05) is 0 Å². The Bertz CT molecular complexity index is 761. The quantitative estimate of drug-likeness (QED) is 0.814. The Balaban J connectivity index is 2.24. The molecule has 118 valence electrons. The molecule has 0 amide bonds. The van der Waals surface area contributed by atoms with Crippen LogP contribution in [0.25, 0.3) is 0 Å². The van der Waals surface area contributed by atoms with Gasteiger partial charge in [0, 0.05) is 23.6 Å². The second-order valence-corrected chi connectivity index (χ2v) is 7.56. The van der Waals surface area contributed by atoms with Crippen LogP contribution in [-0.4, -0.2) is 26.9 Å². The lowest BCUT2D eigenvalue weighted by Gasteiger charge is -2.18. The van der Waals surface area contributed by atoms with Crippen LogP contribution in [0, 0.1) is 0 Å². The highest BCUT2D eigenvalue weighted by Gasteiger charge is 2.21. The van der Waals surface area contributed by atoms with E-state index in [1.165, 1.54) is 30.6 Å². The molecule has 0 bridgehead atoms. The second kappa shape index (κ2) is 6.87. The summed E-state index contributed by atoms with van der Waals surface area (Å²) in [6.07, 6.45) is 0. The van der Waals surface area contributed by atoms with Crippen LogP contribution in [0.1, 0.15) is 5.56 Å². The third-order valence-electron chi connectivity index (χ3n) is 3.18. The van der Waals surface area contributed by atoms with Crippen LogP contribution in [0.4, 0.5) is 0 Å². The first-order valence-corrected chi connectivity index (χ1v) is 8.58. The number of nitrogens with zero attached hydrogens (tertiary/aromatic N) is 1. The van der Waals surface area contributed by atoms with Gasteiger partial charge in [-0.2, -0.15) is 4.31 Å². The van der Waals surface area contributed by atoms with Crippen molar-refractivity contribution in [1.29, 1.82) is 0 Å². The number of rotatable bonds is 5. The first kappa shape index (κ1) is 17.1. The minimum atomic E-state index is -3.60. The van der Waals surface area contributed by atoms with Crippen LogP contribution in [0.15, 0.2) is 47.4 Å². The lowest BCUT2D eigenvalue weighted by molar-refractivity contribution is 0.414. The SMILES string of the molecule is COc1ccc(S(=O)(=O)N(C)Cc2ccc(Cl)cc2Cl)cc1. The summed E-state index contributed by atoms with van der Waals surface area (Å²) in [4.78, 5) is 0.195. The van der Waals surface area contributed by atoms with Crippen molar-refractivity contribution in [3.05, 3.63) is 58.1 Å². The molecule has 0 spiro atoms. The van der Waals surface area contributed by atoms with Crippen molar-refractivity contribution in [2.24, 2.45) is 0 Å². The molecule has 0 saturated heterocycles. The van der Waals surface area contributed by atoms with E-state index in [9.17, 15) is 8.42 Å². The van der Waals surface area contributed by atoms with E-state index in [0.717, 1.165) is 0 Å². The molecule has 0 N–H and O–H groups in total. The molecule has 0 atom stereocenters. The van der Waals surface area contributed by atoms with Gasteiger partial charge in [-0.1, -0.05) is 29.3 Å². The number of ether oxygens (including phenoxy) is 1. The molecule has 0 aliphatic heterocycles. The van der Waals surface area contributed by atoms with Crippen molar-refractivity contribution in [3.8, 4) is 5.75 Å². The van der Waals surface area contributed by atoms with Gasteiger partial charge in [-0.15, -0.1) is 0 Å². The molecule has 0 saturated carbocycles. The van der Waals surface area contributed by atoms with Gasteiger partial charge >= 0.3 is 0 Å². The Morgan fingerprint density at radius 2 is 1.73 bits per heavy atom. The number of methoxy groups -OCH3 is 1. The molecule has 7 heteroatoms. The summed E-state index contributed by atoms with van der Waals surface area (Å²) < 4.78 is 31.3. The molecule has 2 aromatic rings. The van der Waals surface area contributed by atoms with Gasteiger partial charge in [0.2, 0.25) is 10.0 Å². The zero-order valence-electron chi connectivity index (χ0n) is 12.1. The van der Waals surface area contributed by atoms with Crippen LogP contribution in [0.2, 0.25) is 10.0 Å². The van der Waals surface area contributed by atoms with Crippen LogP contribution in [0.5, 0.6) is 5.75 Å². The third-order valence-corrected chi connectivity index (χ3v) is 5.58. The fraction of sp³-hybridized carbons (Fsp3) is 0.200. The molecular formula is C15H15Cl2NO3S. The smallest absolute Gasteiger partial charge is 0.243 e. The topological polar surface area (TPSA) is 46.6 Å². The molecule has 2 aromatic carbocycles. The normalized spacial score (nSPS) is 11.7. The molecule has 0 unspecified atom stereocenters. The van der Waals surface area contributed by atoms with Crippen LogP contribution in [0.3, 0.4) is 0 Å². The third kappa shape index (κ3) is 3.73. The van der Waals surface area contributed by atoms with E-state index < -0.39 is 10.0 Å². The van der Waals surface area contributed by atoms with Gasteiger partial charge < -0.3 is 4.74 Å². The van der Waals surface area contributed by atoms with Crippen molar-refractivity contribution in [1.82, 2.24) is 4.31 Å². The predicted molar refractivity (Wildman–Crippen MR) is 88.1 cm³/mol. The Morgan fingerprint density at radius 1 is 1.09 bits per heavy atom. The Kier molecular flexibility index (Phi) is 5.34. The van der Waals surface area contributed by atoms with Gasteiger partial charge in [-0.25, -0.2) is 8.42 Å². The monoisotopic (exact) mass is 359 g/mol. The number of hydrogen-bond acceptors (Lipinski definition) is 3. The highest BCUT2D eigenvalue weighted by Crippen LogP contribution is 2.25. The molecule has 0 radical (unpaired) electrons. The summed E-state index contributed by atoms with van der Waals surface area (Å²) in [6.45, 7) is 0.157. The number of benzene rings is 2. The molecule has 0 aromatic heterocycles. The molecule has 4 nitrogen and oxygen atoms in total. The van der Waals surface area contributed by atoms with E-state index in [2.05, 4.69) is 0 Å². The molecule has 0 fully saturated rings. The van der Waals surface area contributed by atoms with Crippen LogP contribution >= 0.6 is 23.2 Å². The zero-order valence-corrected chi connectivity index (χ0v) is 14.4. The van der Waals surface area contributed by atoms with E-state index in [0.29, 0.717) is 21.4 Å². The minimum absolute atomic E-state index is 0.157. The minimum Gasteiger partial charge on any atom is -0.497 e. The summed E-state index contributed by atoms with van der Waals surface area (Å²) in [5.41, 5.74) is 0.686. The molecule has 2 rings (SSSR count). The van der Waals surface area contributed by atoms with Gasteiger partial charge in [0.25, 0.3) is 0 Å². The van der Waals surface area contributed by atoms with E-state index in [4.69, 9.17) is 27.9 Å².